The van der Waals surface area contributed by atoms with E-state index in [-0.39, 0.29) is 59.1 Å². The van der Waals surface area contributed by atoms with Gasteiger partial charge in [-0.05, 0) is 64.2 Å². The van der Waals surface area contributed by atoms with Gasteiger partial charge in [0.2, 0.25) is 0 Å². The van der Waals surface area contributed by atoms with E-state index in [0.717, 1.165) is 13.2 Å². The van der Waals surface area contributed by atoms with Crippen LogP contribution in [-0.2, 0) is 15.1 Å². The van der Waals surface area contributed by atoms with Gasteiger partial charge in [-0.1, -0.05) is 154 Å². The maximum Gasteiger partial charge on any atom is 1.00 e. The van der Waals surface area contributed by atoms with Gasteiger partial charge in [0.15, 0.2) is 0 Å². The van der Waals surface area contributed by atoms with E-state index in [4.69, 9.17) is 22.3 Å². The molecule has 0 aliphatic heterocycles. The van der Waals surface area contributed by atoms with Crippen molar-refractivity contribution in [1.82, 2.24) is 0 Å². The Morgan fingerprint density at radius 1 is 0.409 bits per heavy atom. The number of allylic oxidation sites excluding steroid dienone is 4. The molecule has 0 radical (unpaired) electrons. The van der Waals surface area contributed by atoms with Crippen LogP contribution in [0.4, 0.5) is 0 Å². The van der Waals surface area contributed by atoms with E-state index >= 15 is 0 Å². The van der Waals surface area contributed by atoms with Crippen LogP contribution in [0.2, 0.25) is 0 Å². The zero-order valence-corrected chi connectivity index (χ0v) is 34.8. The molecule has 0 unspecified atom stereocenters. The van der Waals surface area contributed by atoms with Crippen LogP contribution >= 0.6 is 0 Å². The average molecular weight is 661 g/mol. The molecule has 0 amide bonds. The molecule has 0 atom stereocenters. The van der Waals surface area contributed by atoms with Crippen LogP contribution in [0, 0.1) is 0 Å². The minimum atomic E-state index is -5.17. The first kappa shape index (κ1) is 52.1. The zero-order chi connectivity index (χ0) is 31.2. The number of unbranched alkanes of at least 4 members (excludes halogenated alkanes) is 24. The fourth-order valence-corrected chi connectivity index (χ4v) is 5.01. The summed E-state index contributed by atoms with van der Waals surface area (Å²) in [6.45, 7) is 6.54. The van der Waals surface area contributed by atoms with E-state index in [2.05, 4.69) is 38.2 Å². The van der Waals surface area contributed by atoms with E-state index in [1.54, 1.807) is 0 Å². The molecule has 0 aliphatic rings. The minimum Gasteiger partial charge on any atom is -0.759 e. The first-order chi connectivity index (χ1) is 20.4. The van der Waals surface area contributed by atoms with E-state index in [1.165, 1.54) is 180 Å². The third-order valence-electron chi connectivity index (χ3n) is 7.60. The second-order valence-electron chi connectivity index (χ2n) is 11.9. The van der Waals surface area contributed by atoms with Crippen molar-refractivity contribution in [2.24, 2.45) is 0 Å². The summed E-state index contributed by atoms with van der Waals surface area (Å²) in [6, 6.07) is 0. The van der Waals surface area contributed by atoms with Crippen LogP contribution in [-0.4, -0.2) is 30.7 Å². The normalized spacial score (nSPS) is 11.4. The van der Waals surface area contributed by atoms with Crippen LogP contribution in [0.5, 0.6) is 0 Å². The summed E-state index contributed by atoms with van der Waals surface area (Å²) in [5.74, 6) is 0. The molecule has 0 saturated carbocycles. The van der Waals surface area contributed by atoms with Gasteiger partial charge in [-0.25, -0.2) is 0 Å². The third-order valence-corrected chi connectivity index (χ3v) is 7.60. The Kier molecular flexibility index (Phi) is 55.0. The van der Waals surface area contributed by atoms with Crippen LogP contribution in [0.1, 0.15) is 194 Å². The Balaban J connectivity index is -0.00000105. The number of ether oxygens (including phenoxy) is 1. The molecule has 5 nitrogen and oxygen atoms in total. The van der Waals surface area contributed by atoms with E-state index < -0.39 is 10.4 Å². The third kappa shape index (κ3) is 62.2. The van der Waals surface area contributed by atoms with Crippen molar-refractivity contribution in [3.05, 3.63) is 24.3 Å². The van der Waals surface area contributed by atoms with Crippen molar-refractivity contribution in [2.45, 2.75) is 194 Å². The topological polar surface area (TPSA) is 89.5 Å². The molecule has 0 bridgehead atoms. The molecule has 0 fully saturated rings. The summed E-state index contributed by atoms with van der Waals surface area (Å²) in [7, 11) is -5.17. The van der Waals surface area contributed by atoms with Crippen molar-refractivity contribution in [1.29, 1.82) is 0 Å². The molecule has 0 N–H and O–H groups in total. The molecule has 0 aliphatic carbocycles. The van der Waals surface area contributed by atoms with Gasteiger partial charge < -0.3 is 13.8 Å². The Hall–Kier alpha value is 1.31. The molecule has 0 aromatic rings. The van der Waals surface area contributed by atoms with Gasteiger partial charge in [-0.3, -0.25) is 8.42 Å². The van der Waals surface area contributed by atoms with E-state index in [1.807, 2.05) is 0 Å². The largest absolute Gasteiger partial charge is 1.00 e. The van der Waals surface area contributed by atoms with Gasteiger partial charge in [0.1, 0.15) is 0 Å². The average Bonchev–Trinajstić information content (AvgIpc) is 2.94. The molecule has 0 aromatic heterocycles. The van der Waals surface area contributed by atoms with Gasteiger partial charge in [0.05, 0.1) is 0 Å². The zero-order valence-electron chi connectivity index (χ0n) is 30.0. The Bertz CT molecular complexity index is 609. The summed E-state index contributed by atoms with van der Waals surface area (Å²) in [5, 5.41) is 0. The molecule has 252 valence electrons. The standard InChI is InChI=1S/C36H70O.2Na.H2O4S/c1-3-5-7-9-11-13-15-17-19-21-23-25-27-29-31-33-35-37-36-34-32-30-28-26-24-22-20-18-16-14-12-10-8-6-4-2;;;1-5(2,3)4/h17-20H,3-16,21-36H2,1-2H3;;;(H2,1,2,3,4)/q;2*+1;/p-2. The van der Waals surface area contributed by atoms with Crippen molar-refractivity contribution in [3.63, 3.8) is 0 Å². The number of hydrogen-bond acceptors (Lipinski definition) is 5. The Morgan fingerprint density at radius 2 is 0.614 bits per heavy atom. The quantitative estimate of drug-likeness (QED) is 0.0302. The molecular weight excluding hydrogens is 590 g/mol. The van der Waals surface area contributed by atoms with E-state index in [0.29, 0.717) is 0 Å². The summed E-state index contributed by atoms with van der Waals surface area (Å²) in [6.07, 6.45) is 48.1. The minimum absolute atomic E-state index is 0. The fraction of sp³-hybridized carbons (Fsp3) is 0.889. The molecule has 44 heavy (non-hydrogen) atoms. The van der Waals surface area contributed by atoms with Crippen molar-refractivity contribution < 1.29 is 81.4 Å². The van der Waals surface area contributed by atoms with Crippen molar-refractivity contribution in [3.8, 4) is 0 Å². The van der Waals surface area contributed by atoms with Crippen molar-refractivity contribution in [2.75, 3.05) is 13.2 Å². The molecule has 0 saturated heterocycles. The SMILES string of the molecule is CCCCCCCCC=CCCCCCCCCOCCCCCCCCC=CCCCCCCCC.O=S(=O)([O-])[O-].[Na+].[Na+]. The Labute approximate surface area is 320 Å². The van der Waals surface area contributed by atoms with Crippen LogP contribution in [0.3, 0.4) is 0 Å². The second kappa shape index (κ2) is 46.4. The fourth-order valence-electron chi connectivity index (χ4n) is 5.01. The molecule has 0 aromatic carbocycles. The van der Waals surface area contributed by atoms with Gasteiger partial charge in [0, 0.05) is 23.6 Å². The Morgan fingerprint density at radius 3 is 0.864 bits per heavy atom. The van der Waals surface area contributed by atoms with Crippen LogP contribution < -0.4 is 59.1 Å². The number of hydrogen-bond donors (Lipinski definition) is 0. The predicted octanol–water partition coefficient (Wildman–Crippen LogP) is 5.75. The van der Waals surface area contributed by atoms with E-state index in [9.17, 15) is 0 Å². The smallest absolute Gasteiger partial charge is 0.759 e. The molecular formula is C36H70Na2O5S. The summed E-state index contributed by atoms with van der Waals surface area (Å²) >= 11 is 0. The summed E-state index contributed by atoms with van der Waals surface area (Å²) < 4.78 is 39.9. The molecule has 0 rings (SSSR count). The van der Waals surface area contributed by atoms with Gasteiger partial charge >= 0.3 is 59.1 Å². The van der Waals surface area contributed by atoms with Crippen molar-refractivity contribution >= 4 is 10.4 Å². The summed E-state index contributed by atoms with van der Waals surface area (Å²) in [4.78, 5) is 0. The van der Waals surface area contributed by atoms with Crippen LogP contribution in [0.25, 0.3) is 0 Å². The number of rotatable bonds is 32. The van der Waals surface area contributed by atoms with Crippen LogP contribution in [0.15, 0.2) is 24.3 Å². The summed E-state index contributed by atoms with van der Waals surface area (Å²) in [5.41, 5.74) is 0. The predicted molar refractivity (Wildman–Crippen MR) is 180 cm³/mol. The monoisotopic (exact) mass is 660 g/mol. The first-order valence-corrected chi connectivity index (χ1v) is 19.3. The first-order valence-electron chi connectivity index (χ1n) is 18.0. The maximum absolute atomic E-state index is 8.52. The van der Waals surface area contributed by atoms with Gasteiger partial charge in [0.25, 0.3) is 0 Å². The maximum atomic E-state index is 8.52. The second-order valence-corrected chi connectivity index (χ2v) is 12.7. The molecule has 0 spiro atoms. The molecule has 0 heterocycles. The van der Waals surface area contributed by atoms with Gasteiger partial charge in [-0.15, -0.1) is 0 Å². The molecule has 8 heteroatoms. The van der Waals surface area contributed by atoms with Gasteiger partial charge in [-0.2, -0.15) is 0 Å².